The average Bonchev–Trinajstić information content (AvgIpc) is 2.87. The summed E-state index contributed by atoms with van der Waals surface area (Å²) in [5, 5.41) is 15.6. The molecule has 0 radical (unpaired) electrons. The number of nitrogens with zero attached hydrogens (tertiary/aromatic N) is 1. The van der Waals surface area contributed by atoms with Gasteiger partial charge in [0.05, 0.1) is 6.61 Å². The number of ether oxygens (including phenoxy) is 1. The molecule has 0 aliphatic heterocycles. The second kappa shape index (κ2) is 17.5. The third-order valence-electron chi connectivity index (χ3n) is 6.29. The van der Waals surface area contributed by atoms with E-state index < -0.39 is 36.3 Å². The van der Waals surface area contributed by atoms with Crippen LogP contribution in [0.3, 0.4) is 0 Å². The molecule has 8 nitrogen and oxygen atoms in total. The van der Waals surface area contributed by atoms with E-state index in [-0.39, 0.29) is 18.5 Å². The van der Waals surface area contributed by atoms with Gasteiger partial charge in [0.2, 0.25) is 11.8 Å². The largest absolute Gasteiger partial charge is 0.444 e. The Morgan fingerprint density at radius 2 is 1.67 bits per heavy atom. The normalized spacial score (nSPS) is 13.5. The topological polar surface area (TPSA) is 108 Å². The van der Waals surface area contributed by atoms with Crippen molar-refractivity contribution in [2.24, 2.45) is 0 Å². The van der Waals surface area contributed by atoms with Gasteiger partial charge in [0.15, 0.2) is 0 Å². The monoisotopic (exact) mass is 543 g/mol. The molecule has 39 heavy (non-hydrogen) atoms. The number of rotatable bonds is 16. The summed E-state index contributed by atoms with van der Waals surface area (Å²) in [7, 11) is 0. The van der Waals surface area contributed by atoms with Gasteiger partial charge in [0, 0.05) is 18.2 Å². The molecule has 3 N–H and O–H groups in total. The second-order valence-electron chi connectivity index (χ2n) is 11.0. The fourth-order valence-electron chi connectivity index (χ4n) is 4.41. The number of unbranched alkanes of at least 4 members (excludes halogenated alkanes) is 5. The summed E-state index contributed by atoms with van der Waals surface area (Å²) in [6, 6.07) is 4.62. The fraction of sp³-hybridized carbons (Fsp3) is 0.645. The highest BCUT2D eigenvalue weighted by Gasteiger charge is 2.37. The van der Waals surface area contributed by atoms with Gasteiger partial charge in [-0.1, -0.05) is 76.5 Å². The number of aliphatic hydroxyl groups excluding tert-OH is 1. The van der Waals surface area contributed by atoms with Gasteiger partial charge in [-0.2, -0.15) is 0 Å². The number of carbonyl (C=O) groups excluding carboxylic acids is 3. The van der Waals surface area contributed by atoms with E-state index >= 15 is 0 Å². The van der Waals surface area contributed by atoms with Gasteiger partial charge in [0.1, 0.15) is 17.7 Å². The Hall–Kier alpha value is -3.05. The lowest BCUT2D eigenvalue weighted by Crippen LogP contribution is -2.55. The lowest BCUT2D eigenvalue weighted by molar-refractivity contribution is -0.143. The molecule has 0 saturated carbocycles. The molecular formula is C31H49N3O5. The molecule has 1 aromatic rings. The van der Waals surface area contributed by atoms with Crippen molar-refractivity contribution in [1.82, 2.24) is 15.5 Å². The molecule has 3 atom stereocenters. The zero-order valence-electron chi connectivity index (χ0n) is 24.7. The molecule has 0 aromatic heterocycles. The predicted octanol–water partition coefficient (Wildman–Crippen LogP) is 5.09. The van der Waals surface area contributed by atoms with E-state index in [1.54, 1.807) is 45.0 Å². The van der Waals surface area contributed by atoms with Crippen LogP contribution < -0.4 is 10.6 Å². The number of carbonyl (C=O) groups is 3. The Morgan fingerprint density at radius 1 is 1.03 bits per heavy atom. The number of hydrogen-bond acceptors (Lipinski definition) is 5. The fourth-order valence-corrected chi connectivity index (χ4v) is 4.41. The number of alkyl carbamates (subject to hydrolysis) is 1. The van der Waals surface area contributed by atoms with Crippen molar-refractivity contribution < 1.29 is 24.2 Å². The first-order valence-electron chi connectivity index (χ1n) is 14.3. The smallest absolute Gasteiger partial charge is 0.408 e. The van der Waals surface area contributed by atoms with Crippen LogP contribution in [0.25, 0.3) is 0 Å². The van der Waals surface area contributed by atoms with Crippen molar-refractivity contribution >= 4 is 17.9 Å². The van der Waals surface area contributed by atoms with Crippen LogP contribution in [0.5, 0.6) is 0 Å². The van der Waals surface area contributed by atoms with E-state index in [1.165, 1.54) is 4.90 Å². The molecule has 0 aliphatic rings. The van der Waals surface area contributed by atoms with Crippen molar-refractivity contribution in [3.63, 3.8) is 0 Å². The van der Waals surface area contributed by atoms with Crippen LogP contribution in [0.4, 0.5) is 4.79 Å². The standard InChI is InChI=1S/C31H49N3O5/c1-8-11-12-13-14-17-21-34(29(37)26(22-35)33-30(38)39-31(5,6)7)27(28(36)32-23(4)18-9-2)25-20-16-15-19-24(25)10-3/h3,15-16,19-20,23,26-27,35H,8-9,11-14,17-18,21-22H2,1-2,4-7H3,(H,32,36)(H,33,38). The number of nitrogens with one attached hydrogen (secondary N) is 2. The van der Waals surface area contributed by atoms with Crippen molar-refractivity contribution in [1.29, 1.82) is 0 Å². The van der Waals surface area contributed by atoms with Crippen LogP contribution in [0.1, 0.15) is 110 Å². The molecule has 0 aliphatic carbocycles. The van der Waals surface area contributed by atoms with E-state index in [0.29, 0.717) is 17.5 Å². The molecule has 1 aromatic carbocycles. The van der Waals surface area contributed by atoms with Gasteiger partial charge < -0.3 is 25.4 Å². The van der Waals surface area contributed by atoms with Gasteiger partial charge >= 0.3 is 6.09 Å². The van der Waals surface area contributed by atoms with Crippen LogP contribution in [-0.2, 0) is 14.3 Å². The molecule has 1 rings (SSSR count). The summed E-state index contributed by atoms with van der Waals surface area (Å²) in [6.45, 7) is 10.9. The zero-order valence-corrected chi connectivity index (χ0v) is 24.7. The molecule has 0 spiro atoms. The van der Waals surface area contributed by atoms with Gasteiger partial charge in [-0.15, -0.1) is 6.42 Å². The maximum absolute atomic E-state index is 13.9. The van der Waals surface area contributed by atoms with Gasteiger partial charge in [-0.25, -0.2) is 4.79 Å². The number of benzene rings is 1. The van der Waals surface area contributed by atoms with E-state index in [1.807, 2.05) is 13.8 Å². The highest BCUT2D eigenvalue weighted by molar-refractivity contribution is 5.92. The summed E-state index contributed by atoms with van der Waals surface area (Å²) in [4.78, 5) is 41.7. The third kappa shape index (κ3) is 12.1. The van der Waals surface area contributed by atoms with Gasteiger partial charge in [-0.3, -0.25) is 9.59 Å². The molecule has 0 heterocycles. The Labute approximate surface area is 235 Å². The van der Waals surface area contributed by atoms with Crippen molar-refractivity contribution in [3.8, 4) is 12.3 Å². The quantitative estimate of drug-likeness (QED) is 0.199. The first-order chi connectivity index (χ1) is 18.5. The Bertz CT molecular complexity index is 950. The Kier molecular flexibility index (Phi) is 15.3. The molecule has 8 heteroatoms. The van der Waals surface area contributed by atoms with Crippen molar-refractivity contribution in [2.45, 2.75) is 117 Å². The van der Waals surface area contributed by atoms with Crippen molar-refractivity contribution in [2.75, 3.05) is 13.2 Å². The summed E-state index contributed by atoms with van der Waals surface area (Å²) in [5.41, 5.74) is 0.242. The molecule has 0 saturated heterocycles. The average molecular weight is 544 g/mol. The van der Waals surface area contributed by atoms with Crippen molar-refractivity contribution in [3.05, 3.63) is 35.4 Å². The SMILES string of the molecule is C#Cc1ccccc1C(C(=O)NC(C)CCC)N(CCCCCCCC)C(=O)C(CO)NC(=O)OC(C)(C)C. The van der Waals surface area contributed by atoms with E-state index in [0.717, 1.165) is 44.9 Å². The third-order valence-corrected chi connectivity index (χ3v) is 6.29. The molecule has 0 bridgehead atoms. The summed E-state index contributed by atoms with van der Waals surface area (Å²) in [6.07, 6.45) is 12.6. The van der Waals surface area contributed by atoms with E-state index in [2.05, 4.69) is 23.5 Å². The number of terminal acetylenes is 1. The minimum atomic E-state index is -1.29. The summed E-state index contributed by atoms with van der Waals surface area (Å²) < 4.78 is 5.31. The van der Waals surface area contributed by atoms with Crippen LogP contribution in [0.2, 0.25) is 0 Å². The lowest BCUT2D eigenvalue weighted by atomic mass is 9.96. The summed E-state index contributed by atoms with van der Waals surface area (Å²) >= 11 is 0. The number of amides is 3. The molecule has 0 fully saturated rings. The maximum atomic E-state index is 13.9. The summed E-state index contributed by atoms with van der Waals surface area (Å²) in [5.74, 6) is 1.71. The zero-order chi connectivity index (χ0) is 29.4. The first kappa shape index (κ1) is 34.0. The number of aliphatic hydroxyl groups is 1. The molecule has 3 amide bonds. The first-order valence-corrected chi connectivity index (χ1v) is 14.3. The van der Waals surface area contributed by atoms with Crippen LogP contribution in [-0.4, -0.2) is 58.8 Å². The van der Waals surface area contributed by atoms with Crippen LogP contribution >= 0.6 is 0 Å². The Balaban J connectivity index is 3.44. The van der Waals surface area contributed by atoms with E-state index in [4.69, 9.17) is 11.2 Å². The number of hydrogen-bond donors (Lipinski definition) is 3. The lowest BCUT2D eigenvalue weighted by Gasteiger charge is -2.35. The van der Waals surface area contributed by atoms with E-state index in [9.17, 15) is 19.5 Å². The van der Waals surface area contributed by atoms with Gasteiger partial charge in [-0.05, 0) is 52.2 Å². The maximum Gasteiger partial charge on any atom is 0.408 e. The molecule has 218 valence electrons. The van der Waals surface area contributed by atoms with Crippen LogP contribution in [0.15, 0.2) is 24.3 Å². The van der Waals surface area contributed by atoms with Crippen LogP contribution in [0, 0.1) is 12.3 Å². The predicted molar refractivity (Wildman–Crippen MR) is 155 cm³/mol. The highest BCUT2D eigenvalue weighted by Crippen LogP contribution is 2.27. The second-order valence-corrected chi connectivity index (χ2v) is 11.0. The van der Waals surface area contributed by atoms with Gasteiger partial charge in [0.25, 0.3) is 0 Å². The molecule has 3 unspecified atom stereocenters. The molecular weight excluding hydrogens is 494 g/mol. The minimum Gasteiger partial charge on any atom is -0.444 e. The Morgan fingerprint density at radius 3 is 2.26 bits per heavy atom. The minimum absolute atomic E-state index is 0.109. The highest BCUT2D eigenvalue weighted by atomic mass is 16.6.